The Kier molecular flexibility index (Phi) is 5.33. The molecule has 0 amide bonds. The Morgan fingerprint density at radius 1 is 1.28 bits per heavy atom. The summed E-state index contributed by atoms with van der Waals surface area (Å²) in [5, 5.41) is 12.3. The van der Waals surface area contributed by atoms with E-state index in [1.165, 1.54) is 17.7 Å². The molecule has 29 heavy (non-hydrogen) atoms. The zero-order valence-electron chi connectivity index (χ0n) is 17.0. The van der Waals surface area contributed by atoms with E-state index >= 15 is 0 Å². The molecular weight excluding hydrogens is 369 g/mol. The molecule has 2 aromatic heterocycles. The molecule has 3 aromatic rings. The number of rotatable bonds is 4. The number of likely N-dealkylation sites (tertiary alicyclic amines) is 1. The van der Waals surface area contributed by atoms with Gasteiger partial charge in [-0.3, -0.25) is 9.67 Å². The Labute approximate surface area is 169 Å². The predicted octanol–water partition coefficient (Wildman–Crippen LogP) is 2.62. The molecule has 1 unspecified atom stereocenters. The molecule has 0 spiro atoms. The molecule has 1 N–H and O–H groups in total. The predicted molar refractivity (Wildman–Crippen MR) is 111 cm³/mol. The normalized spacial score (nSPS) is 17.2. The molecule has 1 aliphatic rings. The number of aromatic nitrogens is 4. The average Bonchev–Trinajstić information content (AvgIpc) is 3.44. The molecule has 1 aromatic carbocycles. The van der Waals surface area contributed by atoms with E-state index in [9.17, 15) is 4.39 Å². The van der Waals surface area contributed by atoms with Crippen molar-refractivity contribution in [2.24, 2.45) is 12.0 Å². The van der Waals surface area contributed by atoms with Gasteiger partial charge < -0.3 is 10.2 Å². The molecule has 1 atom stereocenters. The molecule has 0 radical (unpaired) electrons. The summed E-state index contributed by atoms with van der Waals surface area (Å²) in [4.78, 5) is 6.75. The lowest BCUT2D eigenvalue weighted by Crippen LogP contribution is -2.39. The Bertz CT molecular complexity index is 1000. The lowest BCUT2D eigenvalue weighted by atomic mass is 10.0. The van der Waals surface area contributed by atoms with Crippen molar-refractivity contribution < 1.29 is 4.39 Å². The first-order valence-corrected chi connectivity index (χ1v) is 9.78. The van der Waals surface area contributed by atoms with Crippen molar-refractivity contribution in [3.05, 3.63) is 65.5 Å². The standard InChI is InChI=1S/C21H26FN7/c1-15-17(14-29(26-15)20-6-4-19(22)5-7-20)10-24-21(23-2)28-9-8-16(13-28)18-11-25-27(3)12-18/h4-7,11-12,14,16H,8-10,13H2,1-3H3,(H,23,24). The summed E-state index contributed by atoms with van der Waals surface area (Å²) in [7, 11) is 3.76. The first-order chi connectivity index (χ1) is 14.0. The summed E-state index contributed by atoms with van der Waals surface area (Å²) in [5.41, 5.74) is 4.14. The number of nitrogens with one attached hydrogen (secondary N) is 1. The molecule has 1 aliphatic heterocycles. The van der Waals surface area contributed by atoms with Gasteiger partial charge in [-0.15, -0.1) is 0 Å². The van der Waals surface area contributed by atoms with Crippen LogP contribution in [0.3, 0.4) is 0 Å². The fourth-order valence-electron chi connectivity index (χ4n) is 3.78. The highest BCUT2D eigenvalue weighted by atomic mass is 19.1. The number of hydrogen-bond acceptors (Lipinski definition) is 3. The Morgan fingerprint density at radius 3 is 2.76 bits per heavy atom. The minimum Gasteiger partial charge on any atom is -0.352 e. The number of guanidine groups is 1. The van der Waals surface area contributed by atoms with Gasteiger partial charge in [-0.2, -0.15) is 10.2 Å². The summed E-state index contributed by atoms with van der Waals surface area (Å²) in [6.45, 7) is 4.51. The molecule has 3 heterocycles. The van der Waals surface area contributed by atoms with E-state index in [0.29, 0.717) is 12.5 Å². The van der Waals surface area contributed by atoms with Crippen LogP contribution in [0.2, 0.25) is 0 Å². The zero-order chi connectivity index (χ0) is 20.4. The molecular formula is C21H26FN7. The molecule has 0 aliphatic carbocycles. The number of aryl methyl sites for hydroxylation is 2. The van der Waals surface area contributed by atoms with Crippen LogP contribution in [0.5, 0.6) is 0 Å². The van der Waals surface area contributed by atoms with Crippen LogP contribution in [0, 0.1) is 12.7 Å². The summed E-state index contributed by atoms with van der Waals surface area (Å²) in [5.74, 6) is 1.12. The van der Waals surface area contributed by atoms with Crippen LogP contribution in [0.15, 0.2) is 47.8 Å². The van der Waals surface area contributed by atoms with E-state index in [-0.39, 0.29) is 5.82 Å². The topological polar surface area (TPSA) is 63.3 Å². The van der Waals surface area contributed by atoms with Crippen LogP contribution in [0.25, 0.3) is 5.69 Å². The van der Waals surface area contributed by atoms with Gasteiger partial charge in [0.15, 0.2) is 5.96 Å². The first kappa shape index (κ1) is 19.2. The van der Waals surface area contributed by atoms with Gasteiger partial charge in [0.05, 0.1) is 17.6 Å². The third-order valence-electron chi connectivity index (χ3n) is 5.42. The maximum Gasteiger partial charge on any atom is 0.193 e. The van der Waals surface area contributed by atoms with Gasteiger partial charge in [-0.25, -0.2) is 9.07 Å². The molecule has 4 rings (SSSR count). The summed E-state index contributed by atoms with van der Waals surface area (Å²) < 4.78 is 16.8. The average molecular weight is 395 g/mol. The number of hydrogen-bond donors (Lipinski definition) is 1. The van der Waals surface area contributed by atoms with Crippen molar-refractivity contribution in [2.45, 2.75) is 25.8 Å². The summed E-state index contributed by atoms with van der Waals surface area (Å²) >= 11 is 0. The molecule has 0 bridgehead atoms. The molecule has 1 fully saturated rings. The van der Waals surface area contributed by atoms with E-state index in [1.807, 2.05) is 38.1 Å². The van der Waals surface area contributed by atoms with Gasteiger partial charge in [0.2, 0.25) is 0 Å². The first-order valence-electron chi connectivity index (χ1n) is 9.78. The highest BCUT2D eigenvalue weighted by Crippen LogP contribution is 2.26. The number of aliphatic imine (C=N–C) groups is 1. The van der Waals surface area contributed by atoms with Gasteiger partial charge >= 0.3 is 0 Å². The number of halogens is 1. The van der Waals surface area contributed by atoms with E-state index in [0.717, 1.165) is 42.4 Å². The molecule has 0 saturated carbocycles. The SMILES string of the molecule is CN=C(NCc1cn(-c2ccc(F)cc2)nc1C)N1CCC(c2cnn(C)c2)C1. The largest absolute Gasteiger partial charge is 0.352 e. The highest BCUT2D eigenvalue weighted by Gasteiger charge is 2.27. The molecule has 7 nitrogen and oxygen atoms in total. The number of benzene rings is 1. The van der Waals surface area contributed by atoms with Crippen LogP contribution in [-0.4, -0.2) is 50.6 Å². The Balaban J connectivity index is 1.40. The maximum atomic E-state index is 13.2. The Morgan fingerprint density at radius 2 is 2.07 bits per heavy atom. The van der Waals surface area contributed by atoms with Gasteiger partial charge in [-0.1, -0.05) is 0 Å². The second-order valence-corrected chi connectivity index (χ2v) is 7.44. The summed E-state index contributed by atoms with van der Waals surface area (Å²) in [6.07, 6.45) is 7.12. The lowest BCUT2D eigenvalue weighted by Gasteiger charge is -2.21. The smallest absolute Gasteiger partial charge is 0.193 e. The van der Waals surface area contributed by atoms with Crippen molar-refractivity contribution in [3.8, 4) is 5.69 Å². The van der Waals surface area contributed by atoms with E-state index < -0.39 is 0 Å². The van der Waals surface area contributed by atoms with Crippen LogP contribution in [0.4, 0.5) is 4.39 Å². The van der Waals surface area contributed by atoms with Gasteiger partial charge in [0.1, 0.15) is 5.82 Å². The maximum absolute atomic E-state index is 13.2. The van der Waals surface area contributed by atoms with Crippen molar-refractivity contribution in [1.29, 1.82) is 0 Å². The minimum atomic E-state index is -0.251. The Hall–Kier alpha value is -3.16. The summed E-state index contributed by atoms with van der Waals surface area (Å²) in [6, 6.07) is 6.33. The fraction of sp³-hybridized carbons (Fsp3) is 0.381. The number of nitrogens with zero attached hydrogens (tertiary/aromatic N) is 6. The van der Waals surface area contributed by atoms with Crippen LogP contribution in [0.1, 0.15) is 29.2 Å². The van der Waals surface area contributed by atoms with Gasteiger partial charge in [-0.05, 0) is 43.2 Å². The van der Waals surface area contributed by atoms with Crippen molar-refractivity contribution in [2.75, 3.05) is 20.1 Å². The second kappa shape index (κ2) is 8.06. The highest BCUT2D eigenvalue weighted by molar-refractivity contribution is 5.80. The van der Waals surface area contributed by atoms with Crippen molar-refractivity contribution in [3.63, 3.8) is 0 Å². The molecule has 1 saturated heterocycles. The van der Waals surface area contributed by atoms with Crippen LogP contribution < -0.4 is 5.32 Å². The monoisotopic (exact) mass is 395 g/mol. The zero-order valence-corrected chi connectivity index (χ0v) is 17.0. The second-order valence-electron chi connectivity index (χ2n) is 7.44. The van der Waals surface area contributed by atoms with E-state index in [2.05, 4.69) is 31.6 Å². The molecule has 8 heteroatoms. The van der Waals surface area contributed by atoms with E-state index in [4.69, 9.17) is 0 Å². The van der Waals surface area contributed by atoms with Crippen molar-refractivity contribution >= 4 is 5.96 Å². The minimum absolute atomic E-state index is 0.251. The van der Waals surface area contributed by atoms with Gasteiger partial charge in [0, 0.05) is 57.6 Å². The molecule has 152 valence electrons. The fourth-order valence-corrected chi connectivity index (χ4v) is 3.78. The van der Waals surface area contributed by atoms with Crippen molar-refractivity contribution in [1.82, 2.24) is 29.8 Å². The van der Waals surface area contributed by atoms with Crippen LogP contribution >= 0.6 is 0 Å². The van der Waals surface area contributed by atoms with Gasteiger partial charge in [0.25, 0.3) is 0 Å². The third kappa shape index (κ3) is 4.16. The van der Waals surface area contributed by atoms with E-state index in [1.54, 1.807) is 16.8 Å². The quantitative estimate of drug-likeness (QED) is 0.545. The lowest BCUT2D eigenvalue weighted by molar-refractivity contribution is 0.485. The third-order valence-corrected chi connectivity index (χ3v) is 5.42. The van der Waals surface area contributed by atoms with Crippen LogP contribution in [-0.2, 0) is 13.6 Å².